The molecule has 0 aromatic rings. The van der Waals surface area contributed by atoms with E-state index in [4.69, 9.17) is 6.42 Å². The minimum atomic E-state index is 0.658. The number of hydrogen-bond donors (Lipinski definition) is 1. The van der Waals surface area contributed by atoms with E-state index < -0.39 is 0 Å². The van der Waals surface area contributed by atoms with Gasteiger partial charge in [0.05, 0.1) is 6.54 Å². The van der Waals surface area contributed by atoms with Gasteiger partial charge in [-0.15, -0.1) is 6.42 Å². The molecule has 80 valence electrons. The van der Waals surface area contributed by atoms with Crippen molar-refractivity contribution in [3.8, 4) is 12.3 Å². The van der Waals surface area contributed by atoms with Gasteiger partial charge < -0.3 is 5.32 Å². The predicted octanol–water partition coefficient (Wildman–Crippen LogP) is 1.33. The molecule has 1 atom stereocenters. The largest absolute Gasteiger partial charge is 0.305 e. The summed E-state index contributed by atoms with van der Waals surface area (Å²) in [5.41, 5.74) is 0. The number of terminal acetylenes is 1. The van der Waals surface area contributed by atoms with Gasteiger partial charge in [-0.25, -0.2) is 0 Å². The smallest absolute Gasteiger partial charge is 0.0574 e. The van der Waals surface area contributed by atoms with Gasteiger partial charge in [-0.05, 0) is 31.8 Å². The Bertz CT molecular complexity index is 187. The third-order valence-electron chi connectivity index (χ3n) is 2.96. The van der Waals surface area contributed by atoms with Crippen molar-refractivity contribution in [3.63, 3.8) is 0 Å². The Hall–Kier alpha value is -0.520. The highest BCUT2D eigenvalue weighted by Crippen LogP contribution is 2.16. The van der Waals surface area contributed by atoms with Crippen LogP contribution in [0.4, 0.5) is 0 Å². The minimum Gasteiger partial charge on any atom is -0.305 e. The maximum absolute atomic E-state index is 5.22. The first-order valence-corrected chi connectivity index (χ1v) is 5.64. The molecular formula is C12H22N2. The van der Waals surface area contributed by atoms with E-state index in [2.05, 4.69) is 30.0 Å². The number of nitrogens with zero attached hydrogens (tertiary/aromatic N) is 1. The zero-order valence-corrected chi connectivity index (χ0v) is 9.42. The van der Waals surface area contributed by atoms with Crippen molar-refractivity contribution in [1.82, 2.24) is 10.2 Å². The second-order valence-corrected chi connectivity index (χ2v) is 4.39. The molecule has 0 bridgehead atoms. The topological polar surface area (TPSA) is 15.3 Å². The van der Waals surface area contributed by atoms with Crippen molar-refractivity contribution in [3.05, 3.63) is 0 Å². The number of rotatable bonds is 5. The predicted molar refractivity (Wildman–Crippen MR) is 61.1 cm³/mol. The molecule has 0 aromatic heterocycles. The van der Waals surface area contributed by atoms with Crippen LogP contribution in [-0.2, 0) is 0 Å². The van der Waals surface area contributed by atoms with Crippen LogP contribution in [0.5, 0.6) is 0 Å². The molecular weight excluding hydrogens is 172 g/mol. The summed E-state index contributed by atoms with van der Waals surface area (Å²) < 4.78 is 0. The molecule has 1 rings (SSSR count). The highest BCUT2D eigenvalue weighted by atomic mass is 15.2. The van der Waals surface area contributed by atoms with E-state index in [9.17, 15) is 0 Å². The van der Waals surface area contributed by atoms with Crippen LogP contribution in [-0.4, -0.2) is 37.1 Å². The zero-order chi connectivity index (χ0) is 10.4. The van der Waals surface area contributed by atoms with Crippen LogP contribution in [0, 0.1) is 18.3 Å². The van der Waals surface area contributed by atoms with Gasteiger partial charge in [0.2, 0.25) is 0 Å². The van der Waals surface area contributed by atoms with Crippen LogP contribution in [0.1, 0.15) is 26.7 Å². The first kappa shape index (κ1) is 11.6. The summed E-state index contributed by atoms with van der Waals surface area (Å²) in [6.07, 6.45) is 7.94. The zero-order valence-electron chi connectivity index (χ0n) is 9.42. The Balaban J connectivity index is 2.34. The van der Waals surface area contributed by atoms with E-state index in [-0.39, 0.29) is 0 Å². The lowest BCUT2D eigenvalue weighted by molar-refractivity contribution is 0.188. The Kier molecular flexibility index (Phi) is 5.00. The Labute approximate surface area is 88.1 Å². The molecule has 2 nitrogen and oxygen atoms in total. The number of likely N-dealkylation sites (tertiary alicyclic amines) is 1. The van der Waals surface area contributed by atoms with Crippen LogP contribution in [0.25, 0.3) is 0 Å². The van der Waals surface area contributed by atoms with Gasteiger partial charge in [0.1, 0.15) is 0 Å². The molecule has 0 radical (unpaired) electrons. The third kappa shape index (κ3) is 3.32. The lowest BCUT2D eigenvalue weighted by Crippen LogP contribution is -2.44. The van der Waals surface area contributed by atoms with Crippen molar-refractivity contribution in [2.75, 3.05) is 26.2 Å². The van der Waals surface area contributed by atoms with Gasteiger partial charge in [-0.2, -0.15) is 0 Å². The summed E-state index contributed by atoms with van der Waals surface area (Å²) in [7, 11) is 0. The van der Waals surface area contributed by atoms with E-state index in [0.717, 1.165) is 6.54 Å². The maximum Gasteiger partial charge on any atom is 0.0574 e. The molecule has 0 saturated carbocycles. The molecule has 1 aliphatic heterocycles. The maximum atomic E-state index is 5.22. The quantitative estimate of drug-likeness (QED) is 0.525. The normalized spacial score (nSPS) is 19.9. The van der Waals surface area contributed by atoms with Crippen molar-refractivity contribution >= 4 is 0 Å². The molecule has 0 aromatic carbocycles. The second-order valence-electron chi connectivity index (χ2n) is 4.39. The lowest BCUT2D eigenvalue weighted by Gasteiger charge is -2.30. The highest BCUT2D eigenvalue weighted by Gasteiger charge is 2.23. The fraction of sp³-hybridized carbons (Fsp3) is 0.833. The highest BCUT2D eigenvalue weighted by molar-refractivity contribution is 4.88. The van der Waals surface area contributed by atoms with Crippen molar-refractivity contribution < 1.29 is 0 Å². The lowest BCUT2D eigenvalue weighted by atomic mass is 10.0. The number of nitrogens with one attached hydrogen (secondary N) is 1. The standard InChI is InChI=1S/C12H22N2/c1-4-7-13-10-12(11(2)3)14-8-5-6-9-14/h1,11-13H,5-10H2,2-3H3. The van der Waals surface area contributed by atoms with Gasteiger partial charge in [-0.3, -0.25) is 4.90 Å². The summed E-state index contributed by atoms with van der Waals surface area (Å²) in [4.78, 5) is 2.59. The number of hydrogen-bond acceptors (Lipinski definition) is 2. The van der Waals surface area contributed by atoms with E-state index >= 15 is 0 Å². The summed E-state index contributed by atoms with van der Waals surface area (Å²) in [6, 6.07) is 0.658. The van der Waals surface area contributed by atoms with Crippen LogP contribution >= 0.6 is 0 Å². The van der Waals surface area contributed by atoms with Crippen LogP contribution in [0.15, 0.2) is 0 Å². The summed E-state index contributed by atoms with van der Waals surface area (Å²) in [5.74, 6) is 3.33. The summed E-state index contributed by atoms with van der Waals surface area (Å²) >= 11 is 0. The van der Waals surface area contributed by atoms with Crippen molar-refractivity contribution in [1.29, 1.82) is 0 Å². The first-order valence-electron chi connectivity index (χ1n) is 5.64. The molecule has 14 heavy (non-hydrogen) atoms. The van der Waals surface area contributed by atoms with E-state index in [0.29, 0.717) is 18.5 Å². The second kappa shape index (κ2) is 6.06. The molecule has 1 fully saturated rings. The van der Waals surface area contributed by atoms with E-state index in [1.54, 1.807) is 0 Å². The van der Waals surface area contributed by atoms with Crippen molar-refractivity contribution in [2.24, 2.45) is 5.92 Å². The molecule has 1 unspecified atom stereocenters. The van der Waals surface area contributed by atoms with E-state index in [1.165, 1.54) is 25.9 Å². The van der Waals surface area contributed by atoms with Crippen molar-refractivity contribution in [2.45, 2.75) is 32.7 Å². The van der Waals surface area contributed by atoms with Gasteiger partial charge >= 0.3 is 0 Å². The van der Waals surface area contributed by atoms with Gasteiger partial charge in [0.15, 0.2) is 0 Å². The third-order valence-corrected chi connectivity index (χ3v) is 2.96. The molecule has 1 aliphatic rings. The molecule has 1 saturated heterocycles. The Morgan fingerprint density at radius 1 is 1.36 bits per heavy atom. The summed E-state index contributed by atoms with van der Waals surface area (Å²) in [5, 5.41) is 3.32. The first-order chi connectivity index (χ1) is 6.75. The molecule has 1 N–H and O–H groups in total. The Morgan fingerprint density at radius 2 is 2.00 bits per heavy atom. The SMILES string of the molecule is C#CCNCC(C(C)C)N1CCCC1. The van der Waals surface area contributed by atoms with Crippen LogP contribution in [0.3, 0.4) is 0 Å². The fourth-order valence-electron chi connectivity index (χ4n) is 2.15. The average Bonchev–Trinajstić information content (AvgIpc) is 2.64. The average molecular weight is 194 g/mol. The minimum absolute atomic E-state index is 0.658. The molecule has 2 heteroatoms. The molecule has 1 heterocycles. The fourth-order valence-corrected chi connectivity index (χ4v) is 2.15. The monoisotopic (exact) mass is 194 g/mol. The molecule has 0 aliphatic carbocycles. The van der Waals surface area contributed by atoms with E-state index in [1.807, 2.05) is 0 Å². The molecule has 0 amide bonds. The van der Waals surface area contributed by atoms with Gasteiger partial charge in [0, 0.05) is 12.6 Å². The van der Waals surface area contributed by atoms with Gasteiger partial charge in [0.25, 0.3) is 0 Å². The Morgan fingerprint density at radius 3 is 2.50 bits per heavy atom. The summed E-state index contributed by atoms with van der Waals surface area (Å²) in [6.45, 7) is 8.83. The van der Waals surface area contributed by atoms with Gasteiger partial charge in [-0.1, -0.05) is 19.8 Å². The molecule has 0 spiro atoms. The van der Waals surface area contributed by atoms with Crippen LogP contribution in [0.2, 0.25) is 0 Å². The van der Waals surface area contributed by atoms with Crippen LogP contribution < -0.4 is 5.32 Å².